The van der Waals surface area contributed by atoms with Crippen LogP contribution in [0.25, 0.3) is 0 Å². The van der Waals surface area contributed by atoms with Gasteiger partial charge in [0.15, 0.2) is 0 Å². The molecule has 0 bridgehead atoms. The number of carbonyl (C=O) groups excluding carboxylic acids is 1. The van der Waals surface area contributed by atoms with Crippen LogP contribution in [0, 0.1) is 13.8 Å². The number of amides is 1. The molecule has 146 valence electrons. The number of thioether (sulfide) groups is 1. The lowest BCUT2D eigenvalue weighted by atomic mass is 10.0. The van der Waals surface area contributed by atoms with Crippen LogP contribution in [0.15, 0.2) is 47.4 Å². The van der Waals surface area contributed by atoms with Crippen LogP contribution >= 0.6 is 24.2 Å². The minimum Gasteiger partial charge on any atom is -0.339 e. The van der Waals surface area contributed by atoms with E-state index in [2.05, 4.69) is 49.5 Å². The number of aryl methyl sites for hydroxylation is 2. The quantitative estimate of drug-likeness (QED) is 0.723. The Balaban J connectivity index is 0.00000261. The Kier molecular flexibility index (Phi) is 8.21. The van der Waals surface area contributed by atoms with Crippen molar-refractivity contribution in [3.05, 3.63) is 64.7 Å². The number of hydrogen-bond donors (Lipinski definition) is 1. The molecular formula is C22H29ClN2OS. The molecule has 2 aromatic rings. The van der Waals surface area contributed by atoms with Crippen LogP contribution in [0.2, 0.25) is 0 Å². The van der Waals surface area contributed by atoms with Crippen molar-refractivity contribution < 1.29 is 4.79 Å². The number of likely N-dealkylation sites (tertiary alicyclic amines) is 1. The molecule has 1 aliphatic rings. The summed E-state index contributed by atoms with van der Waals surface area (Å²) in [6.07, 6.45) is 2.06. The lowest BCUT2D eigenvalue weighted by molar-refractivity contribution is 0.0707. The fraction of sp³-hybridized carbons (Fsp3) is 0.409. The number of halogens is 1. The third-order valence-electron chi connectivity index (χ3n) is 5.10. The number of benzene rings is 2. The highest BCUT2D eigenvalue weighted by Crippen LogP contribution is 2.27. The van der Waals surface area contributed by atoms with Crippen LogP contribution in [0.3, 0.4) is 0 Å². The molecule has 1 fully saturated rings. The molecule has 0 unspecified atom stereocenters. The van der Waals surface area contributed by atoms with E-state index in [0.29, 0.717) is 6.04 Å². The average Bonchev–Trinajstić information content (AvgIpc) is 2.68. The number of piperidine rings is 1. The SMILES string of the molecule is CNC1CCN(C(=O)c2cccc(CSc3cc(C)ccc3C)c2)CC1.Cl. The van der Waals surface area contributed by atoms with Gasteiger partial charge in [0.1, 0.15) is 0 Å². The Morgan fingerprint density at radius 2 is 1.89 bits per heavy atom. The van der Waals surface area contributed by atoms with Crippen molar-refractivity contribution in [2.45, 2.75) is 43.4 Å². The zero-order valence-corrected chi connectivity index (χ0v) is 18.0. The molecule has 2 aromatic carbocycles. The molecule has 3 rings (SSSR count). The molecule has 0 radical (unpaired) electrons. The molecule has 0 saturated carbocycles. The Labute approximate surface area is 173 Å². The predicted molar refractivity (Wildman–Crippen MR) is 117 cm³/mol. The van der Waals surface area contributed by atoms with Crippen LogP contribution in [-0.2, 0) is 5.75 Å². The van der Waals surface area contributed by atoms with Gasteiger partial charge in [-0.3, -0.25) is 4.79 Å². The molecule has 1 amide bonds. The first-order chi connectivity index (χ1) is 12.6. The molecule has 1 N–H and O–H groups in total. The van der Waals surface area contributed by atoms with Gasteiger partial charge in [0.25, 0.3) is 5.91 Å². The third kappa shape index (κ3) is 5.74. The van der Waals surface area contributed by atoms with Gasteiger partial charge in [0.2, 0.25) is 0 Å². The predicted octanol–water partition coefficient (Wildman–Crippen LogP) is 4.84. The first-order valence-corrected chi connectivity index (χ1v) is 10.3. The smallest absolute Gasteiger partial charge is 0.253 e. The summed E-state index contributed by atoms with van der Waals surface area (Å²) in [4.78, 5) is 16.1. The zero-order valence-electron chi connectivity index (χ0n) is 16.3. The van der Waals surface area contributed by atoms with E-state index in [9.17, 15) is 4.79 Å². The van der Waals surface area contributed by atoms with Gasteiger partial charge < -0.3 is 10.2 Å². The van der Waals surface area contributed by atoms with Crippen molar-refractivity contribution in [1.29, 1.82) is 0 Å². The van der Waals surface area contributed by atoms with Crippen LogP contribution in [-0.4, -0.2) is 37.0 Å². The first kappa shape index (κ1) is 21.8. The van der Waals surface area contributed by atoms with Crippen molar-refractivity contribution in [3.8, 4) is 0 Å². The van der Waals surface area contributed by atoms with Crippen molar-refractivity contribution in [1.82, 2.24) is 10.2 Å². The molecule has 3 nitrogen and oxygen atoms in total. The fourth-order valence-electron chi connectivity index (χ4n) is 3.37. The minimum atomic E-state index is 0. The Bertz CT molecular complexity index is 773. The fourth-order valence-corrected chi connectivity index (χ4v) is 4.44. The lowest BCUT2D eigenvalue weighted by Crippen LogP contribution is -2.43. The molecule has 0 spiro atoms. The van der Waals surface area contributed by atoms with Crippen molar-refractivity contribution in [2.24, 2.45) is 0 Å². The van der Waals surface area contributed by atoms with E-state index < -0.39 is 0 Å². The van der Waals surface area contributed by atoms with Crippen molar-refractivity contribution in [2.75, 3.05) is 20.1 Å². The van der Waals surface area contributed by atoms with Crippen LogP contribution in [0.5, 0.6) is 0 Å². The van der Waals surface area contributed by atoms with Gasteiger partial charge in [0, 0.05) is 35.3 Å². The van der Waals surface area contributed by atoms with Gasteiger partial charge >= 0.3 is 0 Å². The summed E-state index contributed by atoms with van der Waals surface area (Å²) in [6.45, 7) is 5.95. The number of rotatable bonds is 5. The molecule has 0 aliphatic carbocycles. The molecule has 0 atom stereocenters. The standard InChI is InChI=1S/C22H28N2OS.ClH/c1-16-7-8-17(2)21(13-16)26-15-18-5-4-6-19(14-18)22(25)24-11-9-20(23-3)10-12-24;/h4-8,13-14,20,23H,9-12,15H2,1-3H3;1H. The third-order valence-corrected chi connectivity index (χ3v) is 6.33. The maximum Gasteiger partial charge on any atom is 0.253 e. The normalized spacial score (nSPS) is 14.7. The molecule has 1 heterocycles. The number of nitrogens with one attached hydrogen (secondary N) is 1. The van der Waals surface area contributed by atoms with Gasteiger partial charge in [-0.15, -0.1) is 24.2 Å². The summed E-state index contributed by atoms with van der Waals surface area (Å²) in [6, 6.07) is 15.2. The Morgan fingerprint density at radius 3 is 2.59 bits per heavy atom. The van der Waals surface area contributed by atoms with Crippen LogP contribution in [0.1, 0.15) is 39.9 Å². The number of carbonyl (C=O) groups is 1. The number of nitrogens with zero attached hydrogens (tertiary/aromatic N) is 1. The molecule has 1 saturated heterocycles. The second kappa shape index (κ2) is 10.2. The van der Waals surface area contributed by atoms with Gasteiger partial charge in [-0.05, 0) is 63.1 Å². The minimum absolute atomic E-state index is 0. The topological polar surface area (TPSA) is 32.3 Å². The summed E-state index contributed by atoms with van der Waals surface area (Å²) in [5.41, 5.74) is 4.60. The lowest BCUT2D eigenvalue weighted by Gasteiger charge is -2.32. The van der Waals surface area contributed by atoms with E-state index in [0.717, 1.165) is 37.2 Å². The highest BCUT2D eigenvalue weighted by atomic mass is 35.5. The van der Waals surface area contributed by atoms with Gasteiger partial charge in [-0.25, -0.2) is 0 Å². The monoisotopic (exact) mass is 404 g/mol. The Morgan fingerprint density at radius 1 is 1.15 bits per heavy atom. The number of hydrogen-bond acceptors (Lipinski definition) is 3. The van der Waals surface area contributed by atoms with Crippen LogP contribution in [0.4, 0.5) is 0 Å². The molecule has 1 aliphatic heterocycles. The van der Waals surface area contributed by atoms with Gasteiger partial charge in [-0.1, -0.05) is 29.8 Å². The molecule has 27 heavy (non-hydrogen) atoms. The van der Waals surface area contributed by atoms with E-state index >= 15 is 0 Å². The molecule has 0 aromatic heterocycles. The van der Waals surface area contributed by atoms with E-state index in [1.54, 1.807) is 0 Å². The van der Waals surface area contributed by atoms with Crippen molar-refractivity contribution >= 4 is 30.1 Å². The van der Waals surface area contributed by atoms with E-state index in [1.165, 1.54) is 21.6 Å². The second-order valence-corrected chi connectivity index (χ2v) is 8.13. The summed E-state index contributed by atoms with van der Waals surface area (Å²) in [5, 5.41) is 3.31. The zero-order chi connectivity index (χ0) is 18.5. The van der Waals surface area contributed by atoms with Crippen molar-refractivity contribution in [3.63, 3.8) is 0 Å². The second-order valence-electron chi connectivity index (χ2n) is 7.11. The van der Waals surface area contributed by atoms with E-state index in [1.807, 2.05) is 35.8 Å². The maximum atomic E-state index is 12.8. The summed E-state index contributed by atoms with van der Waals surface area (Å²) < 4.78 is 0. The van der Waals surface area contributed by atoms with Gasteiger partial charge in [0.05, 0.1) is 0 Å². The molecule has 5 heteroatoms. The average molecular weight is 405 g/mol. The molecular weight excluding hydrogens is 376 g/mol. The highest BCUT2D eigenvalue weighted by molar-refractivity contribution is 7.98. The van der Waals surface area contributed by atoms with E-state index in [4.69, 9.17) is 0 Å². The summed E-state index contributed by atoms with van der Waals surface area (Å²) >= 11 is 1.84. The van der Waals surface area contributed by atoms with Gasteiger partial charge in [-0.2, -0.15) is 0 Å². The highest BCUT2D eigenvalue weighted by Gasteiger charge is 2.22. The summed E-state index contributed by atoms with van der Waals surface area (Å²) in [5.74, 6) is 1.05. The van der Waals surface area contributed by atoms with Crippen LogP contribution < -0.4 is 5.32 Å². The maximum absolute atomic E-state index is 12.8. The summed E-state index contributed by atoms with van der Waals surface area (Å²) in [7, 11) is 2.00. The Hall–Kier alpha value is -1.49. The first-order valence-electron chi connectivity index (χ1n) is 9.32. The van der Waals surface area contributed by atoms with E-state index in [-0.39, 0.29) is 18.3 Å². The largest absolute Gasteiger partial charge is 0.339 e.